The molecule has 0 unspecified atom stereocenters. The largest absolute Gasteiger partial charge is 0.439 e. The number of H-pyrrole nitrogens is 1. The minimum atomic E-state index is -1.00. The third-order valence-corrected chi connectivity index (χ3v) is 5.45. The van der Waals surface area contributed by atoms with Crippen molar-refractivity contribution in [2.45, 2.75) is 12.1 Å². The number of aromatic amines is 1. The molecule has 0 radical (unpaired) electrons. The van der Waals surface area contributed by atoms with Gasteiger partial charge in [0.05, 0.1) is 11.6 Å². The molecular weight excluding hydrogens is 442 g/mol. The van der Waals surface area contributed by atoms with Crippen LogP contribution in [0.4, 0.5) is 4.79 Å². The van der Waals surface area contributed by atoms with E-state index in [0.29, 0.717) is 27.1 Å². The minimum Gasteiger partial charge on any atom is -0.439 e. The lowest BCUT2D eigenvalue weighted by molar-refractivity contribution is -0.118. The molecule has 1 aromatic heterocycles. The average Bonchev–Trinajstić information content (AvgIpc) is 3.24. The smallest absolute Gasteiger partial charge is 0.405 e. The Balaban J connectivity index is 1.70. The fourth-order valence-electron chi connectivity index (χ4n) is 3.70. The SMILES string of the molecule is NC(=O)O[C@H](c1ccccc1)[C@H](NC(=O)C(=O)c1c[nH]c2ccc(Cl)cc12)c1ccccc1. The van der Waals surface area contributed by atoms with E-state index in [-0.39, 0.29) is 5.56 Å². The van der Waals surface area contributed by atoms with E-state index < -0.39 is 29.9 Å². The van der Waals surface area contributed by atoms with Gasteiger partial charge in [0.1, 0.15) is 0 Å². The van der Waals surface area contributed by atoms with Gasteiger partial charge in [-0.1, -0.05) is 72.3 Å². The highest BCUT2D eigenvalue weighted by molar-refractivity contribution is 6.45. The van der Waals surface area contributed by atoms with Crippen LogP contribution in [0.3, 0.4) is 0 Å². The molecule has 0 bridgehead atoms. The molecule has 0 saturated carbocycles. The van der Waals surface area contributed by atoms with Gasteiger partial charge in [-0.25, -0.2) is 4.79 Å². The number of ether oxygens (including phenoxy) is 1. The monoisotopic (exact) mass is 461 g/mol. The lowest BCUT2D eigenvalue weighted by atomic mass is 9.95. The normalized spacial score (nSPS) is 12.6. The van der Waals surface area contributed by atoms with Gasteiger partial charge in [0.15, 0.2) is 6.10 Å². The zero-order valence-corrected chi connectivity index (χ0v) is 18.1. The third kappa shape index (κ3) is 4.88. The highest BCUT2D eigenvalue weighted by atomic mass is 35.5. The molecule has 0 spiro atoms. The van der Waals surface area contributed by atoms with E-state index in [1.54, 1.807) is 66.7 Å². The molecule has 2 amide bonds. The predicted molar refractivity (Wildman–Crippen MR) is 125 cm³/mol. The molecule has 4 aromatic rings. The van der Waals surface area contributed by atoms with Gasteiger partial charge in [-0.15, -0.1) is 0 Å². The fourth-order valence-corrected chi connectivity index (χ4v) is 3.87. The van der Waals surface area contributed by atoms with Crippen LogP contribution in [-0.4, -0.2) is 22.8 Å². The van der Waals surface area contributed by atoms with Crippen molar-refractivity contribution in [3.63, 3.8) is 0 Å². The standard InChI is InChI=1S/C25H20ClN3O4/c26-17-11-12-20-18(13-17)19(14-28-20)22(30)24(31)29-21(15-7-3-1-4-8-15)23(33-25(27)32)16-9-5-2-6-10-16/h1-14,21,23,28H,(H2,27,32)(H,29,31)/t21-,23-/m1/s1. The Hall–Kier alpha value is -4.10. The number of fused-ring (bicyclic) bond motifs is 1. The van der Waals surface area contributed by atoms with Crippen molar-refractivity contribution in [2.75, 3.05) is 0 Å². The summed E-state index contributed by atoms with van der Waals surface area (Å²) in [4.78, 5) is 40.8. The number of aromatic nitrogens is 1. The number of rotatable bonds is 7. The zero-order chi connectivity index (χ0) is 23.4. The van der Waals surface area contributed by atoms with Crippen molar-refractivity contribution in [1.29, 1.82) is 0 Å². The summed E-state index contributed by atoms with van der Waals surface area (Å²) in [5.74, 6) is -1.62. The summed E-state index contributed by atoms with van der Waals surface area (Å²) in [7, 11) is 0. The number of hydrogen-bond acceptors (Lipinski definition) is 4. The summed E-state index contributed by atoms with van der Waals surface area (Å²) >= 11 is 6.07. The molecule has 0 aliphatic carbocycles. The summed E-state index contributed by atoms with van der Waals surface area (Å²) in [6.45, 7) is 0. The molecule has 1 heterocycles. The Kier molecular flexibility index (Phi) is 6.42. The van der Waals surface area contributed by atoms with Gasteiger partial charge in [0.2, 0.25) is 0 Å². The van der Waals surface area contributed by atoms with Gasteiger partial charge in [-0.05, 0) is 29.3 Å². The number of amides is 2. The van der Waals surface area contributed by atoms with E-state index in [0.717, 1.165) is 0 Å². The number of carbonyl (C=O) groups is 3. The van der Waals surface area contributed by atoms with Crippen LogP contribution < -0.4 is 11.1 Å². The maximum absolute atomic E-state index is 13.1. The van der Waals surface area contributed by atoms with Crippen molar-refractivity contribution >= 4 is 40.3 Å². The second-order valence-corrected chi connectivity index (χ2v) is 7.79. The number of benzene rings is 3. The van der Waals surface area contributed by atoms with E-state index in [4.69, 9.17) is 22.1 Å². The highest BCUT2D eigenvalue weighted by Crippen LogP contribution is 2.32. The Morgan fingerprint density at radius 2 is 1.55 bits per heavy atom. The number of halogens is 1. The van der Waals surface area contributed by atoms with Gasteiger partial charge in [-0.2, -0.15) is 0 Å². The van der Waals surface area contributed by atoms with Crippen LogP contribution in [-0.2, 0) is 9.53 Å². The Morgan fingerprint density at radius 1 is 0.909 bits per heavy atom. The van der Waals surface area contributed by atoms with Gasteiger partial charge < -0.3 is 20.8 Å². The van der Waals surface area contributed by atoms with Crippen molar-refractivity contribution in [1.82, 2.24) is 10.3 Å². The number of hydrogen-bond donors (Lipinski definition) is 3. The number of primary amides is 1. The number of nitrogens with one attached hydrogen (secondary N) is 2. The Bertz CT molecular complexity index is 1310. The molecule has 0 aliphatic rings. The van der Waals surface area contributed by atoms with Crippen molar-refractivity contribution in [3.05, 3.63) is 107 Å². The van der Waals surface area contributed by atoms with Gasteiger partial charge in [0, 0.05) is 22.1 Å². The van der Waals surface area contributed by atoms with Gasteiger partial charge >= 0.3 is 6.09 Å². The van der Waals surface area contributed by atoms with Crippen LogP contribution in [0.15, 0.2) is 85.1 Å². The molecule has 4 rings (SSSR count). The van der Waals surface area contributed by atoms with Crippen LogP contribution in [0, 0.1) is 0 Å². The van der Waals surface area contributed by atoms with Crippen LogP contribution in [0.2, 0.25) is 5.02 Å². The lowest BCUT2D eigenvalue weighted by Gasteiger charge is -2.28. The van der Waals surface area contributed by atoms with Gasteiger partial charge in [-0.3, -0.25) is 9.59 Å². The summed E-state index contributed by atoms with van der Waals surface area (Å²) < 4.78 is 5.40. The number of ketones is 1. The van der Waals surface area contributed by atoms with E-state index in [1.165, 1.54) is 6.20 Å². The molecule has 7 nitrogen and oxygen atoms in total. The molecule has 2 atom stereocenters. The van der Waals surface area contributed by atoms with Crippen LogP contribution in [0.5, 0.6) is 0 Å². The lowest BCUT2D eigenvalue weighted by Crippen LogP contribution is -2.39. The maximum Gasteiger partial charge on any atom is 0.405 e. The summed E-state index contributed by atoms with van der Waals surface area (Å²) in [5.41, 5.74) is 7.44. The number of Topliss-reactive ketones (excluding diaryl/α,β-unsaturated/α-hetero) is 1. The summed E-state index contributed by atoms with van der Waals surface area (Å²) in [6, 6.07) is 21.9. The maximum atomic E-state index is 13.1. The van der Waals surface area contributed by atoms with Crippen LogP contribution in [0.1, 0.15) is 33.6 Å². The molecule has 0 aliphatic heterocycles. The number of carbonyl (C=O) groups excluding carboxylic acids is 3. The first-order chi connectivity index (χ1) is 15.9. The Labute approximate surface area is 194 Å². The van der Waals surface area contributed by atoms with E-state index in [1.807, 2.05) is 12.1 Å². The molecule has 33 heavy (non-hydrogen) atoms. The Morgan fingerprint density at radius 3 is 2.18 bits per heavy atom. The van der Waals surface area contributed by atoms with Gasteiger partial charge in [0.25, 0.3) is 11.7 Å². The van der Waals surface area contributed by atoms with E-state index in [2.05, 4.69) is 10.3 Å². The van der Waals surface area contributed by atoms with Crippen LogP contribution in [0.25, 0.3) is 10.9 Å². The summed E-state index contributed by atoms with van der Waals surface area (Å²) in [6.07, 6.45) is -0.494. The number of nitrogens with two attached hydrogens (primary N) is 1. The fraction of sp³-hybridized carbons (Fsp3) is 0.0800. The first kappa shape index (κ1) is 22.1. The first-order valence-electron chi connectivity index (χ1n) is 10.1. The molecule has 166 valence electrons. The molecule has 0 saturated heterocycles. The quantitative estimate of drug-likeness (QED) is 0.273. The minimum absolute atomic E-state index is 0.184. The second-order valence-electron chi connectivity index (χ2n) is 7.35. The third-order valence-electron chi connectivity index (χ3n) is 5.21. The van der Waals surface area contributed by atoms with Crippen molar-refractivity contribution < 1.29 is 19.1 Å². The molecule has 4 N–H and O–H groups in total. The highest BCUT2D eigenvalue weighted by Gasteiger charge is 2.32. The van der Waals surface area contributed by atoms with Crippen molar-refractivity contribution in [2.24, 2.45) is 5.73 Å². The summed E-state index contributed by atoms with van der Waals surface area (Å²) in [5, 5.41) is 3.71. The van der Waals surface area contributed by atoms with Crippen molar-refractivity contribution in [3.8, 4) is 0 Å². The second kappa shape index (κ2) is 9.58. The average molecular weight is 462 g/mol. The zero-order valence-electron chi connectivity index (χ0n) is 17.3. The van der Waals surface area contributed by atoms with E-state index in [9.17, 15) is 14.4 Å². The van der Waals surface area contributed by atoms with Crippen LogP contribution >= 0.6 is 11.6 Å². The molecular formula is C25H20ClN3O4. The van der Waals surface area contributed by atoms with E-state index >= 15 is 0 Å². The predicted octanol–water partition coefficient (Wildman–Crippen LogP) is 4.70. The first-order valence-corrected chi connectivity index (χ1v) is 10.5. The molecule has 3 aromatic carbocycles. The molecule has 0 fully saturated rings. The topological polar surface area (TPSA) is 114 Å². The molecule has 8 heteroatoms.